The highest BCUT2D eigenvalue weighted by atomic mass is 15.1. The highest BCUT2D eigenvalue weighted by Crippen LogP contribution is 2.38. The maximum atomic E-state index is 3.65. The van der Waals surface area contributed by atoms with Gasteiger partial charge in [-0.25, -0.2) is 0 Å². The highest BCUT2D eigenvalue weighted by molar-refractivity contribution is 4.89. The minimum Gasteiger partial charge on any atom is -0.316 e. The molecule has 2 nitrogen and oxygen atoms in total. The fourth-order valence-corrected chi connectivity index (χ4v) is 3.77. The van der Waals surface area contributed by atoms with Gasteiger partial charge in [0.15, 0.2) is 0 Å². The van der Waals surface area contributed by atoms with Gasteiger partial charge >= 0.3 is 0 Å². The lowest BCUT2D eigenvalue weighted by Crippen LogP contribution is -2.46. The quantitative estimate of drug-likeness (QED) is 0.685. The standard InChI is InChI=1S/C17H34N2/c1-3-12-19(13-16-8-9-16)15-17(14-18-4-2)10-6-5-7-11-17/h16,18H,3-15H2,1-2H3. The van der Waals surface area contributed by atoms with Gasteiger partial charge in [-0.05, 0) is 56.5 Å². The third kappa shape index (κ3) is 5.07. The monoisotopic (exact) mass is 266 g/mol. The zero-order valence-electron chi connectivity index (χ0n) is 13.2. The van der Waals surface area contributed by atoms with Crippen LogP contribution in [0.5, 0.6) is 0 Å². The van der Waals surface area contributed by atoms with E-state index in [2.05, 4.69) is 24.1 Å². The predicted octanol–water partition coefficient (Wildman–Crippen LogP) is 3.67. The van der Waals surface area contributed by atoms with Crippen molar-refractivity contribution in [3.8, 4) is 0 Å². The lowest BCUT2D eigenvalue weighted by atomic mass is 9.73. The summed E-state index contributed by atoms with van der Waals surface area (Å²) in [4.78, 5) is 2.79. The van der Waals surface area contributed by atoms with Crippen LogP contribution in [0, 0.1) is 11.3 Å². The normalized spacial score (nSPS) is 22.9. The third-order valence-corrected chi connectivity index (χ3v) is 4.98. The maximum absolute atomic E-state index is 3.65. The van der Waals surface area contributed by atoms with E-state index >= 15 is 0 Å². The predicted molar refractivity (Wildman–Crippen MR) is 83.5 cm³/mol. The molecule has 2 aliphatic rings. The van der Waals surface area contributed by atoms with Gasteiger partial charge in [0.05, 0.1) is 0 Å². The molecule has 2 fully saturated rings. The van der Waals surface area contributed by atoms with E-state index in [9.17, 15) is 0 Å². The van der Waals surface area contributed by atoms with Gasteiger partial charge in [-0.15, -0.1) is 0 Å². The molecule has 0 heterocycles. The molecular weight excluding hydrogens is 232 g/mol. The summed E-state index contributed by atoms with van der Waals surface area (Å²) in [6.45, 7) is 11.0. The Labute approximate surface area is 120 Å². The van der Waals surface area contributed by atoms with Crippen molar-refractivity contribution < 1.29 is 0 Å². The van der Waals surface area contributed by atoms with E-state index in [4.69, 9.17) is 0 Å². The Hall–Kier alpha value is -0.0800. The van der Waals surface area contributed by atoms with Gasteiger partial charge in [0.2, 0.25) is 0 Å². The molecule has 19 heavy (non-hydrogen) atoms. The van der Waals surface area contributed by atoms with Crippen molar-refractivity contribution in [2.45, 2.75) is 65.2 Å². The van der Waals surface area contributed by atoms with Gasteiger partial charge in [0, 0.05) is 19.6 Å². The van der Waals surface area contributed by atoms with Crippen molar-refractivity contribution in [1.29, 1.82) is 0 Å². The van der Waals surface area contributed by atoms with E-state index in [1.165, 1.54) is 77.5 Å². The summed E-state index contributed by atoms with van der Waals surface area (Å²) in [7, 11) is 0. The van der Waals surface area contributed by atoms with E-state index < -0.39 is 0 Å². The van der Waals surface area contributed by atoms with Crippen molar-refractivity contribution in [3.63, 3.8) is 0 Å². The van der Waals surface area contributed by atoms with Gasteiger partial charge in [0.25, 0.3) is 0 Å². The van der Waals surface area contributed by atoms with Crippen molar-refractivity contribution in [3.05, 3.63) is 0 Å². The van der Waals surface area contributed by atoms with Crippen LogP contribution in [0.3, 0.4) is 0 Å². The Morgan fingerprint density at radius 3 is 2.42 bits per heavy atom. The number of hydrogen-bond acceptors (Lipinski definition) is 2. The van der Waals surface area contributed by atoms with E-state index in [-0.39, 0.29) is 0 Å². The average Bonchev–Trinajstić information content (AvgIpc) is 3.22. The van der Waals surface area contributed by atoms with Gasteiger partial charge in [-0.1, -0.05) is 33.1 Å². The maximum Gasteiger partial charge on any atom is 0.00503 e. The topological polar surface area (TPSA) is 15.3 Å². The van der Waals surface area contributed by atoms with E-state index in [0.29, 0.717) is 5.41 Å². The summed E-state index contributed by atoms with van der Waals surface area (Å²) in [6, 6.07) is 0. The largest absolute Gasteiger partial charge is 0.316 e. The van der Waals surface area contributed by atoms with Crippen molar-refractivity contribution in [1.82, 2.24) is 10.2 Å². The second kappa shape index (κ2) is 7.64. The number of nitrogens with one attached hydrogen (secondary N) is 1. The van der Waals surface area contributed by atoms with Crippen LogP contribution in [0.25, 0.3) is 0 Å². The smallest absolute Gasteiger partial charge is 0.00503 e. The Morgan fingerprint density at radius 2 is 1.84 bits per heavy atom. The van der Waals surface area contributed by atoms with E-state index in [0.717, 1.165) is 12.5 Å². The Bertz CT molecular complexity index is 242. The first-order chi connectivity index (χ1) is 9.28. The summed E-state index contributed by atoms with van der Waals surface area (Å²) in [5.74, 6) is 1.03. The molecule has 2 saturated carbocycles. The van der Waals surface area contributed by atoms with E-state index in [1.807, 2.05) is 0 Å². The zero-order valence-corrected chi connectivity index (χ0v) is 13.2. The minimum absolute atomic E-state index is 0.582. The van der Waals surface area contributed by atoms with Crippen LogP contribution in [0.1, 0.15) is 65.2 Å². The first-order valence-electron chi connectivity index (χ1n) is 8.71. The summed E-state index contributed by atoms with van der Waals surface area (Å²) in [6.07, 6.45) is 11.6. The van der Waals surface area contributed by atoms with Crippen molar-refractivity contribution in [2.75, 3.05) is 32.7 Å². The molecule has 0 radical (unpaired) electrons. The molecule has 2 aliphatic carbocycles. The summed E-state index contributed by atoms with van der Waals surface area (Å²) in [5.41, 5.74) is 0.582. The summed E-state index contributed by atoms with van der Waals surface area (Å²) < 4.78 is 0. The molecule has 0 atom stereocenters. The molecule has 1 N–H and O–H groups in total. The highest BCUT2D eigenvalue weighted by Gasteiger charge is 2.34. The molecule has 0 unspecified atom stereocenters. The molecule has 0 aliphatic heterocycles. The molecule has 2 heteroatoms. The Morgan fingerprint density at radius 1 is 1.11 bits per heavy atom. The number of nitrogens with zero attached hydrogens (tertiary/aromatic N) is 1. The molecule has 2 rings (SSSR count). The third-order valence-electron chi connectivity index (χ3n) is 4.98. The molecule has 0 amide bonds. The van der Waals surface area contributed by atoms with Crippen LogP contribution in [0.2, 0.25) is 0 Å². The van der Waals surface area contributed by atoms with Crippen LogP contribution < -0.4 is 5.32 Å². The average molecular weight is 266 g/mol. The first-order valence-corrected chi connectivity index (χ1v) is 8.71. The van der Waals surface area contributed by atoms with Crippen LogP contribution in [-0.2, 0) is 0 Å². The van der Waals surface area contributed by atoms with Gasteiger partial charge in [-0.2, -0.15) is 0 Å². The minimum atomic E-state index is 0.582. The second-order valence-electron chi connectivity index (χ2n) is 7.02. The Kier molecular flexibility index (Phi) is 6.15. The van der Waals surface area contributed by atoms with Gasteiger partial charge in [-0.3, -0.25) is 0 Å². The second-order valence-corrected chi connectivity index (χ2v) is 7.02. The van der Waals surface area contributed by atoms with Crippen molar-refractivity contribution in [2.24, 2.45) is 11.3 Å². The van der Waals surface area contributed by atoms with Gasteiger partial charge in [0.1, 0.15) is 0 Å². The molecule has 0 aromatic heterocycles. The molecule has 0 bridgehead atoms. The molecule has 0 saturated heterocycles. The molecule has 0 aromatic rings. The fourth-order valence-electron chi connectivity index (χ4n) is 3.77. The number of rotatable bonds is 9. The van der Waals surface area contributed by atoms with Crippen LogP contribution >= 0.6 is 0 Å². The molecule has 0 aromatic carbocycles. The Balaban J connectivity index is 1.90. The summed E-state index contributed by atoms with van der Waals surface area (Å²) >= 11 is 0. The fraction of sp³-hybridized carbons (Fsp3) is 1.00. The van der Waals surface area contributed by atoms with E-state index in [1.54, 1.807) is 0 Å². The lowest BCUT2D eigenvalue weighted by molar-refractivity contribution is 0.0994. The zero-order chi connectivity index (χ0) is 13.6. The van der Waals surface area contributed by atoms with Crippen molar-refractivity contribution >= 4 is 0 Å². The molecular formula is C17H34N2. The number of hydrogen-bond donors (Lipinski definition) is 1. The van der Waals surface area contributed by atoms with Crippen LogP contribution in [0.15, 0.2) is 0 Å². The van der Waals surface area contributed by atoms with Gasteiger partial charge < -0.3 is 10.2 Å². The first kappa shape index (κ1) is 15.3. The summed E-state index contributed by atoms with van der Waals surface area (Å²) in [5, 5.41) is 3.65. The molecule has 112 valence electrons. The molecule has 0 spiro atoms. The van der Waals surface area contributed by atoms with Crippen LogP contribution in [0.4, 0.5) is 0 Å². The lowest BCUT2D eigenvalue weighted by Gasteiger charge is -2.41. The SMILES string of the molecule is CCCN(CC1CC1)CC1(CNCC)CCCCC1. The van der Waals surface area contributed by atoms with Crippen LogP contribution in [-0.4, -0.2) is 37.6 Å².